The SMILES string of the molecule is O=C(Nc1ccc(F)c(F)c1)c1ccc(Cl)c(S(=O)(=O)C2CC3CC[C@@H](C2)C3(O)C(O)c2ncccc2C(F)F)c1. The third kappa shape index (κ3) is 5.22. The van der Waals surface area contributed by atoms with E-state index in [0.717, 1.165) is 30.3 Å². The van der Waals surface area contributed by atoms with Crippen LogP contribution >= 0.6 is 11.6 Å². The smallest absolute Gasteiger partial charge is 0.265 e. The number of anilines is 1. The van der Waals surface area contributed by atoms with Crippen LogP contribution in [-0.4, -0.2) is 40.4 Å². The highest BCUT2D eigenvalue weighted by molar-refractivity contribution is 7.92. The number of alkyl halides is 2. The number of aliphatic hydroxyl groups is 2. The lowest BCUT2D eigenvalue weighted by molar-refractivity contribution is -0.146. The Hall–Kier alpha value is -3.06. The molecule has 2 saturated carbocycles. The molecule has 0 radical (unpaired) electrons. The lowest BCUT2D eigenvalue weighted by Gasteiger charge is -2.45. The number of amides is 1. The lowest BCUT2D eigenvalue weighted by Crippen LogP contribution is -2.52. The molecule has 0 spiro atoms. The van der Waals surface area contributed by atoms with Crippen LogP contribution in [-0.2, 0) is 9.84 Å². The van der Waals surface area contributed by atoms with Crippen molar-refractivity contribution in [1.29, 1.82) is 0 Å². The molecule has 1 aromatic heterocycles. The van der Waals surface area contributed by atoms with Crippen molar-refractivity contribution in [3.8, 4) is 0 Å². The molecule has 2 fully saturated rings. The number of nitrogens with one attached hydrogen (secondary N) is 1. The van der Waals surface area contributed by atoms with Gasteiger partial charge in [0.15, 0.2) is 21.5 Å². The minimum atomic E-state index is -4.17. The number of hydrogen-bond donors (Lipinski definition) is 3. The first-order valence-corrected chi connectivity index (χ1v) is 14.7. The molecule has 218 valence electrons. The monoisotopic (exact) mass is 612 g/mol. The highest BCUT2D eigenvalue weighted by atomic mass is 35.5. The van der Waals surface area contributed by atoms with Crippen LogP contribution in [0.3, 0.4) is 0 Å². The van der Waals surface area contributed by atoms with Crippen LogP contribution in [0.15, 0.2) is 59.6 Å². The molecule has 7 nitrogen and oxygen atoms in total. The number of pyridine rings is 1. The Labute approximate surface area is 238 Å². The fraction of sp³-hybridized carbons (Fsp3) is 0.357. The van der Waals surface area contributed by atoms with Gasteiger partial charge in [0.05, 0.1) is 20.9 Å². The molecule has 1 heterocycles. The third-order valence-corrected chi connectivity index (χ3v) is 10.8. The van der Waals surface area contributed by atoms with Gasteiger partial charge in [-0.05, 0) is 80.0 Å². The fourth-order valence-electron chi connectivity index (χ4n) is 6.12. The normalized spacial score (nSPS) is 24.8. The van der Waals surface area contributed by atoms with Gasteiger partial charge in [0.1, 0.15) is 11.7 Å². The zero-order chi connectivity index (χ0) is 29.7. The van der Waals surface area contributed by atoms with E-state index >= 15 is 0 Å². The van der Waals surface area contributed by atoms with Gasteiger partial charge in [-0.2, -0.15) is 0 Å². The number of carbonyl (C=O) groups excluding carboxylic acids is 1. The summed E-state index contributed by atoms with van der Waals surface area (Å²) in [5.41, 5.74) is -2.85. The largest absolute Gasteiger partial charge is 0.386 e. The zero-order valence-electron chi connectivity index (χ0n) is 21.3. The van der Waals surface area contributed by atoms with E-state index in [1.54, 1.807) is 0 Å². The van der Waals surface area contributed by atoms with Crippen molar-refractivity contribution in [3.63, 3.8) is 0 Å². The molecule has 2 aromatic carbocycles. The number of fused-ring (bicyclic) bond motifs is 2. The molecule has 0 aliphatic heterocycles. The minimum Gasteiger partial charge on any atom is -0.386 e. The van der Waals surface area contributed by atoms with Crippen molar-refractivity contribution < 1.29 is 41.0 Å². The molecule has 2 bridgehead atoms. The Morgan fingerprint density at radius 2 is 1.73 bits per heavy atom. The number of nitrogens with zero attached hydrogens (tertiary/aromatic N) is 1. The second-order valence-electron chi connectivity index (χ2n) is 10.4. The number of aromatic nitrogens is 1. The summed E-state index contributed by atoms with van der Waals surface area (Å²) in [5, 5.41) is 24.0. The first kappa shape index (κ1) is 29.4. The number of benzene rings is 2. The molecule has 13 heteroatoms. The first-order chi connectivity index (χ1) is 19.3. The molecule has 2 aliphatic carbocycles. The van der Waals surface area contributed by atoms with Crippen molar-refractivity contribution in [1.82, 2.24) is 4.98 Å². The van der Waals surface area contributed by atoms with Gasteiger partial charge < -0.3 is 15.5 Å². The predicted octanol–water partition coefficient (Wildman–Crippen LogP) is 5.63. The van der Waals surface area contributed by atoms with Gasteiger partial charge in [0.2, 0.25) is 0 Å². The van der Waals surface area contributed by atoms with Gasteiger partial charge in [-0.25, -0.2) is 26.0 Å². The molecule has 41 heavy (non-hydrogen) atoms. The summed E-state index contributed by atoms with van der Waals surface area (Å²) in [6.45, 7) is 0. The Balaban J connectivity index is 1.40. The van der Waals surface area contributed by atoms with Crippen LogP contribution < -0.4 is 5.32 Å². The van der Waals surface area contributed by atoms with E-state index in [0.29, 0.717) is 12.8 Å². The average molecular weight is 613 g/mol. The zero-order valence-corrected chi connectivity index (χ0v) is 22.8. The third-order valence-electron chi connectivity index (χ3n) is 8.19. The summed E-state index contributed by atoms with van der Waals surface area (Å²) in [4.78, 5) is 16.4. The van der Waals surface area contributed by atoms with Crippen LogP contribution in [0, 0.1) is 23.5 Å². The van der Waals surface area contributed by atoms with Gasteiger partial charge in [-0.15, -0.1) is 0 Å². The Morgan fingerprint density at radius 1 is 1.05 bits per heavy atom. The van der Waals surface area contributed by atoms with E-state index in [1.807, 2.05) is 0 Å². The Morgan fingerprint density at radius 3 is 2.37 bits per heavy atom. The molecule has 1 amide bonds. The van der Waals surface area contributed by atoms with Crippen LogP contribution in [0.2, 0.25) is 5.02 Å². The van der Waals surface area contributed by atoms with E-state index < -0.39 is 68.2 Å². The van der Waals surface area contributed by atoms with E-state index in [1.165, 1.54) is 24.4 Å². The van der Waals surface area contributed by atoms with Crippen molar-refractivity contribution in [2.75, 3.05) is 5.32 Å². The molecule has 3 aromatic rings. The number of hydrogen-bond acceptors (Lipinski definition) is 6. The fourth-order valence-corrected chi connectivity index (χ4v) is 8.53. The summed E-state index contributed by atoms with van der Waals surface area (Å²) in [7, 11) is -4.17. The van der Waals surface area contributed by atoms with Crippen LogP contribution in [0.25, 0.3) is 0 Å². The van der Waals surface area contributed by atoms with Gasteiger partial charge in [0, 0.05) is 29.1 Å². The molecule has 3 N–H and O–H groups in total. The van der Waals surface area contributed by atoms with Crippen LogP contribution in [0.1, 0.15) is 59.8 Å². The summed E-state index contributed by atoms with van der Waals surface area (Å²) in [6, 6.07) is 8.79. The first-order valence-electron chi connectivity index (χ1n) is 12.8. The Kier molecular flexibility index (Phi) is 7.88. The molecule has 5 rings (SSSR count). The Bertz CT molecular complexity index is 1590. The summed E-state index contributed by atoms with van der Waals surface area (Å²) >= 11 is 6.25. The molecule has 5 atom stereocenters. The van der Waals surface area contributed by atoms with Crippen LogP contribution in [0.4, 0.5) is 23.2 Å². The molecular weight excluding hydrogens is 588 g/mol. The molecule has 2 aliphatic rings. The van der Waals surface area contributed by atoms with Crippen molar-refractivity contribution >= 4 is 33.0 Å². The minimum absolute atomic E-state index is 0.0436. The van der Waals surface area contributed by atoms with E-state index in [9.17, 15) is 41.0 Å². The quantitative estimate of drug-likeness (QED) is 0.298. The van der Waals surface area contributed by atoms with Crippen molar-refractivity contribution in [3.05, 3.63) is 88.2 Å². The molecule has 4 unspecified atom stereocenters. The van der Waals surface area contributed by atoms with Crippen LogP contribution in [0.5, 0.6) is 0 Å². The maximum Gasteiger partial charge on any atom is 0.265 e. The highest BCUT2D eigenvalue weighted by Gasteiger charge is 2.60. The van der Waals surface area contributed by atoms with Gasteiger partial charge in [-0.1, -0.05) is 11.6 Å². The molecule has 0 saturated heterocycles. The summed E-state index contributed by atoms with van der Waals surface area (Å²) < 4.78 is 81.5. The van der Waals surface area contributed by atoms with Crippen molar-refractivity contribution in [2.24, 2.45) is 11.8 Å². The second-order valence-corrected chi connectivity index (χ2v) is 13.0. The van der Waals surface area contributed by atoms with Gasteiger partial charge in [-0.3, -0.25) is 9.78 Å². The van der Waals surface area contributed by atoms with E-state index in [4.69, 9.17) is 11.6 Å². The summed E-state index contributed by atoms with van der Waals surface area (Å²) in [5.74, 6) is -4.52. The van der Waals surface area contributed by atoms with E-state index in [-0.39, 0.29) is 39.7 Å². The van der Waals surface area contributed by atoms with Crippen molar-refractivity contribution in [2.45, 2.75) is 54.0 Å². The average Bonchev–Trinajstić information content (AvgIpc) is 3.10. The van der Waals surface area contributed by atoms with Gasteiger partial charge in [0.25, 0.3) is 12.3 Å². The number of halogens is 5. The number of carbonyl (C=O) groups is 1. The highest BCUT2D eigenvalue weighted by Crippen LogP contribution is 2.57. The molecular formula is C28H25ClF4N2O5S. The number of aliphatic hydroxyl groups excluding tert-OH is 1. The van der Waals surface area contributed by atoms with E-state index in [2.05, 4.69) is 10.3 Å². The van der Waals surface area contributed by atoms with Gasteiger partial charge >= 0.3 is 0 Å². The maximum absolute atomic E-state index is 13.8. The topological polar surface area (TPSA) is 117 Å². The number of sulfone groups is 1. The standard InChI is InChI=1S/C28H25ClF4N2O5S/c29-20-7-3-14(27(37)35-17-6-8-21(30)22(31)13-17)10-23(20)41(39,40)18-11-15-4-5-16(12-18)28(15,38)25(36)24-19(26(32)33)2-1-9-34-24/h1-3,6-10,13,15-16,18,25-26,36,38H,4-5,11-12H2,(H,35,37)/t15-,16?,18?,25?,28?/m0/s1. The summed E-state index contributed by atoms with van der Waals surface area (Å²) in [6.07, 6.45) is -2.86. The number of rotatable bonds is 7. The predicted molar refractivity (Wildman–Crippen MR) is 141 cm³/mol. The maximum atomic E-state index is 13.8. The second kappa shape index (κ2) is 11.0. The lowest BCUT2D eigenvalue weighted by atomic mass is 9.70.